The Labute approximate surface area is 154 Å². The van der Waals surface area contributed by atoms with E-state index in [9.17, 15) is 23.1 Å². The van der Waals surface area contributed by atoms with Crippen LogP contribution in [-0.2, 0) is 4.79 Å². The second-order valence-corrected chi connectivity index (χ2v) is 7.20. The molecule has 3 N–H and O–H groups in total. The monoisotopic (exact) mass is 384 g/mol. The molecule has 5 nitrogen and oxygen atoms in total. The summed E-state index contributed by atoms with van der Waals surface area (Å²) in [6, 6.07) is 5.47. The van der Waals surface area contributed by atoms with E-state index in [0.717, 1.165) is 10.9 Å². The fraction of sp³-hybridized carbons (Fsp3) is 0.526. The Morgan fingerprint density at radius 2 is 2.07 bits per heavy atom. The number of H-pyrrole nitrogens is 1. The van der Waals surface area contributed by atoms with E-state index in [0.29, 0.717) is 37.3 Å². The Morgan fingerprint density at radius 1 is 1.37 bits per heavy atom. The average molecular weight is 384 g/mol. The van der Waals surface area contributed by atoms with Crippen LogP contribution in [0, 0.1) is 5.92 Å². The number of alkyl halides is 3. The molecule has 0 saturated heterocycles. The molecule has 0 atom stereocenters. The van der Waals surface area contributed by atoms with Crippen molar-refractivity contribution in [3.05, 3.63) is 24.4 Å². The summed E-state index contributed by atoms with van der Waals surface area (Å²) in [7, 11) is 0. The second-order valence-electron chi connectivity index (χ2n) is 7.20. The highest BCUT2D eigenvalue weighted by Crippen LogP contribution is 2.43. The predicted molar refractivity (Wildman–Crippen MR) is 95.7 cm³/mol. The number of hydrogen-bond acceptors (Lipinski definition) is 3. The van der Waals surface area contributed by atoms with Gasteiger partial charge in [-0.3, -0.25) is 4.79 Å². The van der Waals surface area contributed by atoms with Crippen LogP contribution in [0.3, 0.4) is 0 Å². The molecule has 2 aromatic rings. The van der Waals surface area contributed by atoms with Crippen molar-refractivity contribution in [3.8, 4) is 5.75 Å². The SMILES string of the molecule is CC(=O)Nc1c[nH]c2ccc(OCCC3CCC(O)(C(F)(F)F)CC3)cc12. The summed E-state index contributed by atoms with van der Waals surface area (Å²) in [4.78, 5) is 14.3. The van der Waals surface area contributed by atoms with Crippen molar-refractivity contribution in [2.75, 3.05) is 11.9 Å². The summed E-state index contributed by atoms with van der Waals surface area (Å²) in [6.45, 7) is 1.82. The number of halogens is 3. The first-order chi connectivity index (χ1) is 12.7. The summed E-state index contributed by atoms with van der Waals surface area (Å²) in [5.74, 6) is 0.577. The molecular formula is C19H23F3N2O3. The number of carbonyl (C=O) groups excluding carboxylic acids is 1. The second kappa shape index (κ2) is 7.42. The first-order valence-corrected chi connectivity index (χ1v) is 8.98. The van der Waals surface area contributed by atoms with Crippen LogP contribution in [0.1, 0.15) is 39.0 Å². The molecule has 0 aliphatic heterocycles. The van der Waals surface area contributed by atoms with Gasteiger partial charge >= 0.3 is 6.18 Å². The van der Waals surface area contributed by atoms with Gasteiger partial charge in [0, 0.05) is 24.0 Å². The van der Waals surface area contributed by atoms with Gasteiger partial charge in [-0.2, -0.15) is 13.2 Å². The fourth-order valence-electron chi connectivity index (χ4n) is 3.55. The maximum absolute atomic E-state index is 12.8. The summed E-state index contributed by atoms with van der Waals surface area (Å²) in [5.41, 5.74) is -1.00. The molecule has 0 unspecified atom stereocenters. The van der Waals surface area contributed by atoms with Crippen LogP contribution >= 0.6 is 0 Å². The molecule has 0 spiro atoms. The van der Waals surface area contributed by atoms with Gasteiger partial charge in [-0.15, -0.1) is 0 Å². The van der Waals surface area contributed by atoms with Crippen molar-refractivity contribution >= 4 is 22.5 Å². The highest BCUT2D eigenvalue weighted by Gasteiger charge is 2.54. The van der Waals surface area contributed by atoms with Gasteiger partial charge in [0.15, 0.2) is 5.60 Å². The van der Waals surface area contributed by atoms with Crippen LogP contribution in [0.25, 0.3) is 10.9 Å². The highest BCUT2D eigenvalue weighted by atomic mass is 19.4. The fourth-order valence-corrected chi connectivity index (χ4v) is 3.55. The third-order valence-electron chi connectivity index (χ3n) is 5.22. The zero-order valence-electron chi connectivity index (χ0n) is 15.0. The number of aromatic nitrogens is 1. The van der Waals surface area contributed by atoms with E-state index in [2.05, 4.69) is 10.3 Å². The molecule has 1 heterocycles. The lowest BCUT2D eigenvalue weighted by atomic mass is 9.77. The largest absolute Gasteiger partial charge is 0.494 e. The number of ether oxygens (including phenoxy) is 1. The van der Waals surface area contributed by atoms with Gasteiger partial charge in [-0.25, -0.2) is 0 Å². The minimum absolute atomic E-state index is 0.110. The third-order valence-corrected chi connectivity index (χ3v) is 5.22. The molecule has 0 radical (unpaired) electrons. The Morgan fingerprint density at radius 3 is 2.70 bits per heavy atom. The van der Waals surface area contributed by atoms with Gasteiger partial charge in [-0.1, -0.05) is 0 Å². The predicted octanol–water partition coefficient (Wildman–Crippen LogP) is 4.38. The lowest BCUT2D eigenvalue weighted by Gasteiger charge is -2.37. The molecule has 1 aliphatic rings. The zero-order chi connectivity index (χ0) is 19.7. The van der Waals surface area contributed by atoms with Crippen LogP contribution < -0.4 is 10.1 Å². The van der Waals surface area contributed by atoms with E-state index in [1.807, 2.05) is 12.1 Å². The Bertz CT molecular complexity index is 808. The van der Waals surface area contributed by atoms with Crippen LogP contribution in [0.4, 0.5) is 18.9 Å². The van der Waals surface area contributed by atoms with Crippen LogP contribution in [-0.4, -0.2) is 34.4 Å². The van der Waals surface area contributed by atoms with Gasteiger partial charge in [0.1, 0.15) is 5.75 Å². The van der Waals surface area contributed by atoms with E-state index in [1.54, 1.807) is 12.3 Å². The first-order valence-electron chi connectivity index (χ1n) is 8.98. The zero-order valence-corrected chi connectivity index (χ0v) is 15.0. The molecule has 8 heteroatoms. The Kier molecular flexibility index (Phi) is 5.37. The van der Waals surface area contributed by atoms with Crippen molar-refractivity contribution in [2.24, 2.45) is 5.92 Å². The number of hydrogen-bond donors (Lipinski definition) is 3. The highest BCUT2D eigenvalue weighted by molar-refractivity contribution is 6.01. The minimum atomic E-state index is -4.56. The van der Waals surface area contributed by atoms with Crippen molar-refractivity contribution in [3.63, 3.8) is 0 Å². The molecule has 1 aliphatic carbocycles. The molecule has 0 bridgehead atoms. The molecule has 1 fully saturated rings. The minimum Gasteiger partial charge on any atom is -0.494 e. The molecule has 148 valence electrons. The van der Waals surface area contributed by atoms with Gasteiger partial charge in [0.05, 0.1) is 12.3 Å². The van der Waals surface area contributed by atoms with Gasteiger partial charge in [0.25, 0.3) is 0 Å². The number of aromatic amines is 1. The molecular weight excluding hydrogens is 361 g/mol. The number of fused-ring (bicyclic) bond motifs is 1. The number of anilines is 1. The Balaban J connectivity index is 1.53. The maximum atomic E-state index is 12.8. The molecule has 3 rings (SSSR count). The van der Waals surface area contributed by atoms with E-state index in [-0.39, 0.29) is 24.7 Å². The number of rotatable bonds is 5. The molecule has 27 heavy (non-hydrogen) atoms. The van der Waals surface area contributed by atoms with E-state index in [1.165, 1.54) is 6.92 Å². The smallest absolute Gasteiger partial charge is 0.417 e. The maximum Gasteiger partial charge on any atom is 0.417 e. The normalized spacial score (nSPS) is 23.4. The van der Waals surface area contributed by atoms with Gasteiger partial charge in [-0.05, 0) is 56.2 Å². The average Bonchev–Trinajstić information content (AvgIpc) is 2.97. The van der Waals surface area contributed by atoms with Crippen molar-refractivity contribution in [2.45, 2.75) is 50.8 Å². The summed E-state index contributed by atoms with van der Waals surface area (Å²) >= 11 is 0. The Hall–Kier alpha value is -2.22. The number of aliphatic hydroxyl groups is 1. The lowest BCUT2D eigenvalue weighted by Crippen LogP contribution is -2.47. The van der Waals surface area contributed by atoms with Gasteiger partial charge < -0.3 is 20.1 Å². The first kappa shape index (κ1) is 19.5. The number of benzene rings is 1. The van der Waals surface area contributed by atoms with Crippen LogP contribution in [0.15, 0.2) is 24.4 Å². The van der Waals surface area contributed by atoms with Crippen molar-refractivity contribution in [1.29, 1.82) is 0 Å². The summed E-state index contributed by atoms with van der Waals surface area (Å²) < 4.78 is 44.3. The van der Waals surface area contributed by atoms with E-state index < -0.39 is 11.8 Å². The van der Waals surface area contributed by atoms with Gasteiger partial charge in [0.2, 0.25) is 5.91 Å². The molecule has 1 amide bonds. The van der Waals surface area contributed by atoms with Crippen LogP contribution in [0.5, 0.6) is 5.75 Å². The van der Waals surface area contributed by atoms with E-state index in [4.69, 9.17) is 4.74 Å². The number of carbonyl (C=O) groups is 1. The van der Waals surface area contributed by atoms with E-state index >= 15 is 0 Å². The van der Waals surface area contributed by atoms with Crippen LogP contribution in [0.2, 0.25) is 0 Å². The molecule has 1 aromatic carbocycles. The summed E-state index contributed by atoms with van der Waals surface area (Å²) in [5, 5.41) is 13.3. The lowest BCUT2D eigenvalue weighted by molar-refractivity contribution is -0.272. The number of amides is 1. The third kappa shape index (κ3) is 4.37. The van der Waals surface area contributed by atoms with Crippen molar-refractivity contribution in [1.82, 2.24) is 4.98 Å². The topological polar surface area (TPSA) is 74.4 Å². The number of nitrogens with one attached hydrogen (secondary N) is 2. The van der Waals surface area contributed by atoms with Crippen molar-refractivity contribution < 1.29 is 27.8 Å². The molecule has 1 saturated carbocycles. The molecule has 1 aromatic heterocycles. The quantitative estimate of drug-likeness (QED) is 0.716. The standard InChI is InChI=1S/C19H23F3N2O3/c1-12(25)24-17-11-23-16-3-2-14(10-15(16)17)27-9-6-13-4-7-18(26,8-5-13)19(20,21)22/h2-3,10-11,13,23,26H,4-9H2,1H3,(H,24,25). The summed E-state index contributed by atoms with van der Waals surface area (Å²) in [6.07, 6.45) is -2.05.